The molecule has 0 aliphatic rings. The number of hydrogen-bond acceptors (Lipinski definition) is 5. The van der Waals surface area contributed by atoms with Gasteiger partial charge in [-0.05, 0) is 48.9 Å². The van der Waals surface area contributed by atoms with E-state index in [1.165, 1.54) is 43.3 Å². The highest BCUT2D eigenvalue weighted by molar-refractivity contribution is 7.90. The molecule has 0 bridgehead atoms. The molecule has 1 N–H and O–H groups in total. The van der Waals surface area contributed by atoms with E-state index < -0.39 is 43.8 Å². The third kappa shape index (κ3) is 5.93. The summed E-state index contributed by atoms with van der Waals surface area (Å²) in [5.41, 5.74) is -1.63. The molecule has 0 fully saturated rings. The summed E-state index contributed by atoms with van der Waals surface area (Å²) in [6.07, 6.45) is -3.58. The molecule has 192 valence electrons. The van der Waals surface area contributed by atoms with E-state index in [4.69, 9.17) is 0 Å². The van der Waals surface area contributed by atoms with E-state index in [1.807, 2.05) is 0 Å². The Kier molecular flexibility index (Phi) is 7.89. The number of alkyl halides is 3. The van der Waals surface area contributed by atoms with Crippen LogP contribution >= 0.6 is 0 Å². The van der Waals surface area contributed by atoms with Crippen LogP contribution in [0.2, 0.25) is 0 Å². The lowest BCUT2D eigenvalue weighted by Gasteiger charge is -2.17. The van der Waals surface area contributed by atoms with Crippen molar-refractivity contribution in [1.82, 2.24) is 9.88 Å². The number of pyridine rings is 1. The van der Waals surface area contributed by atoms with E-state index in [0.717, 1.165) is 29.0 Å². The molecule has 12 heteroatoms. The van der Waals surface area contributed by atoms with Gasteiger partial charge in [-0.15, -0.1) is 0 Å². The Morgan fingerprint density at radius 1 is 1.08 bits per heavy atom. The van der Waals surface area contributed by atoms with Gasteiger partial charge in [0.25, 0.3) is 11.5 Å². The van der Waals surface area contributed by atoms with Gasteiger partial charge in [0.1, 0.15) is 5.56 Å². The molecular weight excluding hydrogens is 517 g/mol. The number of sulfone groups is 1. The average molecular weight is 541 g/mol. The van der Waals surface area contributed by atoms with Gasteiger partial charge in [-0.1, -0.05) is 25.1 Å². The zero-order valence-electron chi connectivity index (χ0n) is 19.5. The number of hydrogen-bond donors (Lipinski definition) is 1. The van der Waals surface area contributed by atoms with E-state index in [-0.39, 0.29) is 39.0 Å². The van der Waals surface area contributed by atoms with Crippen molar-refractivity contribution >= 4 is 26.5 Å². The zero-order valence-corrected chi connectivity index (χ0v) is 21.2. The first kappa shape index (κ1) is 27.3. The van der Waals surface area contributed by atoms with E-state index in [9.17, 15) is 35.4 Å². The summed E-state index contributed by atoms with van der Waals surface area (Å²) in [4.78, 5) is 26.5. The first-order valence-corrected chi connectivity index (χ1v) is 13.8. The van der Waals surface area contributed by atoms with Gasteiger partial charge in [0.2, 0.25) is 0 Å². The predicted octanol–water partition coefficient (Wildman–Crippen LogP) is 3.63. The van der Waals surface area contributed by atoms with Crippen molar-refractivity contribution < 1.29 is 30.6 Å². The number of nitrogens with one attached hydrogen (secondary N) is 1. The highest BCUT2D eigenvalue weighted by Crippen LogP contribution is 2.30. The first-order chi connectivity index (χ1) is 16.7. The van der Waals surface area contributed by atoms with Crippen LogP contribution in [0.1, 0.15) is 34.1 Å². The summed E-state index contributed by atoms with van der Waals surface area (Å²) in [7, 11) is -5.01. The first-order valence-electron chi connectivity index (χ1n) is 10.6. The topological polar surface area (TPSA) is 102 Å². The van der Waals surface area contributed by atoms with Crippen LogP contribution < -0.4 is 10.9 Å². The average Bonchev–Trinajstić information content (AvgIpc) is 2.81. The fourth-order valence-electron chi connectivity index (χ4n) is 3.49. The zero-order chi connectivity index (χ0) is 26.8. The lowest BCUT2D eigenvalue weighted by molar-refractivity contribution is -0.137. The van der Waals surface area contributed by atoms with Gasteiger partial charge in [0, 0.05) is 29.9 Å². The number of rotatable bonds is 7. The van der Waals surface area contributed by atoms with E-state index in [2.05, 4.69) is 5.32 Å². The molecule has 1 amide bonds. The maximum absolute atomic E-state index is 13.3. The summed E-state index contributed by atoms with van der Waals surface area (Å²) < 4.78 is 76.6. The number of amides is 1. The second-order valence-corrected chi connectivity index (χ2v) is 11.7. The van der Waals surface area contributed by atoms with Crippen LogP contribution in [-0.2, 0) is 33.4 Å². The minimum atomic E-state index is -4.65. The predicted molar refractivity (Wildman–Crippen MR) is 129 cm³/mol. The molecule has 0 spiro atoms. The maximum Gasteiger partial charge on any atom is 0.416 e. The maximum atomic E-state index is 13.3. The molecular formula is C24H23F3N2O5S2. The van der Waals surface area contributed by atoms with Gasteiger partial charge in [0.15, 0.2) is 9.84 Å². The summed E-state index contributed by atoms with van der Waals surface area (Å²) in [5, 5.41) is 2.55. The molecule has 0 radical (unpaired) electrons. The quantitative estimate of drug-likeness (QED) is 0.493. The molecule has 0 saturated heterocycles. The molecule has 1 aromatic heterocycles. The molecule has 1 unspecified atom stereocenters. The standard InChI is InChI=1S/C24H23F3N2O5S2/c1-4-35(32)21-13-20(22(30)28-14-16-8-10-19(11-9-16)36(3,33)34)23(31)29(15(21)2)18-7-5-6-17(12-18)24(25,26)27/h5-13H,4,14H2,1-3H3,(H,28,30). The van der Waals surface area contributed by atoms with Crippen LogP contribution in [0.15, 0.2) is 69.2 Å². The van der Waals surface area contributed by atoms with Crippen molar-refractivity contribution in [3.05, 3.63) is 87.3 Å². The molecule has 36 heavy (non-hydrogen) atoms. The molecule has 7 nitrogen and oxygen atoms in total. The third-order valence-corrected chi connectivity index (χ3v) is 7.95. The summed E-state index contributed by atoms with van der Waals surface area (Å²) >= 11 is 0. The minimum Gasteiger partial charge on any atom is -0.348 e. The SMILES string of the molecule is CCS(=O)c1cc(C(=O)NCc2ccc(S(C)(=O)=O)cc2)c(=O)n(-c2cccc(C(F)(F)F)c2)c1C. The number of carbonyl (C=O) groups is 1. The van der Waals surface area contributed by atoms with Gasteiger partial charge in [-0.3, -0.25) is 18.4 Å². The summed E-state index contributed by atoms with van der Waals surface area (Å²) in [5.74, 6) is -0.655. The highest BCUT2D eigenvalue weighted by atomic mass is 32.2. The van der Waals surface area contributed by atoms with Crippen molar-refractivity contribution in [2.75, 3.05) is 12.0 Å². The summed E-state index contributed by atoms with van der Waals surface area (Å²) in [6.45, 7) is 3.04. The van der Waals surface area contributed by atoms with Crippen LogP contribution in [0.3, 0.4) is 0 Å². The Balaban J connectivity index is 2.04. The molecule has 3 rings (SSSR count). The third-order valence-electron chi connectivity index (χ3n) is 5.39. The molecule has 0 aliphatic heterocycles. The lowest BCUT2D eigenvalue weighted by atomic mass is 10.1. The molecule has 0 saturated carbocycles. The van der Waals surface area contributed by atoms with Crippen molar-refractivity contribution in [1.29, 1.82) is 0 Å². The monoisotopic (exact) mass is 540 g/mol. The molecule has 2 aromatic carbocycles. The Bertz CT molecular complexity index is 1500. The Morgan fingerprint density at radius 2 is 1.72 bits per heavy atom. The fourth-order valence-corrected chi connectivity index (χ4v) is 5.10. The van der Waals surface area contributed by atoms with Crippen molar-refractivity contribution in [3.63, 3.8) is 0 Å². The van der Waals surface area contributed by atoms with E-state index in [1.54, 1.807) is 6.92 Å². The largest absolute Gasteiger partial charge is 0.416 e. The van der Waals surface area contributed by atoms with Crippen LogP contribution in [0.4, 0.5) is 13.2 Å². The van der Waals surface area contributed by atoms with Crippen molar-refractivity contribution in [3.8, 4) is 5.69 Å². The fraction of sp³-hybridized carbons (Fsp3) is 0.250. The van der Waals surface area contributed by atoms with Crippen LogP contribution in [-0.4, -0.2) is 35.1 Å². The van der Waals surface area contributed by atoms with Crippen molar-refractivity contribution in [2.45, 2.75) is 36.4 Å². The minimum absolute atomic E-state index is 0.0497. The van der Waals surface area contributed by atoms with E-state index >= 15 is 0 Å². The van der Waals surface area contributed by atoms with Gasteiger partial charge < -0.3 is 5.32 Å². The van der Waals surface area contributed by atoms with Crippen LogP contribution in [0.25, 0.3) is 5.69 Å². The van der Waals surface area contributed by atoms with Gasteiger partial charge in [-0.25, -0.2) is 8.42 Å². The van der Waals surface area contributed by atoms with Gasteiger partial charge in [0.05, 0.1) is 26.2 Å². The Hall–Kier alpha value is -3.25. The molecule has 1 heterocycles. The van der Waals surface area contributed by atoms with Crippen molar-refractivity contribution in [2.24, 2.45) is 0 Å². The van der Waals surface area contributed by atoms with Gasteiger partial charge in [-0.2, -0.15) is 13.2 Å². The number of nitrogens with zero attached hydrogens (tertiary/aromatic N) is 1. The Labute approximate surface area is 208 Å². The van der Waals surface area contributed by atoms with E-state index in [0.29, 0.717) is 5.56 Å². The number of benzene rings is 2. The number of carbonyl (C=O) groups excluding carboxylic acids is 1. The second-order valence-electron chi connectivity index (χ2n) is 7.93. The molecule has 1 atom stereocenters. The molecule has 0 aliphatic carbocycles. The summed E-state index contributed by atoms with van der Waals surface area (Å²) in [6, 6.07) is 11.1. The normalized spacial score (nSPS) is 12.8. The number of halogens is 3. The lowest BCUT2D eigenvalue weighted by Crippen LogP contribution is -2.34. The Morgan fingerprint density at radius 3 is 2.28 bits per heavy atom. The van der Waals surface area contributed by atoms with Crippen LogP contribution in [0.5, 0.6) is 0 Å². The second kappa shape index (κ2) is 10.4. The number of aromatic nitrogens is 1. The molecule has 3 aromatic rings. The van der Waals surface area contributed by atoms with Crippen LogP contribution in [0, 0.1) is 6.92 Å². The smallest absolute Gasteiger partial charge is 0.348 e. The van der Waals surface area contributed by atoms with Gasteiger partial charge >= 0.3 is 6.18 Å². The highest BCUT2D eigenvalue weighted by Gasteiger charge is 2.31.